The van der Waals surface area contributed by atoms with Crippen molar-refractivity contribution in [2.45, 2.75) is 38.7 Å². The lowest BCUT2D eigenvalue weighted by atomic mass is 9.96. The largest absolute Gasteiger partial charge is 0.367 e. The Labute approximate surface area is 144 Å². The fourth-order valence-corrected chi connectivity index (χ4v) is 3.46. The van der Waals surface area contributed by atoms with E-state index in [4.69, 9.17) is 9.26 Å². The van der Waals surface area contributed by atoms with Gasteiger partial charge in [-0.15, -0.1) is 0 Å². The lowest BCUT2D eigenvalue weighted by Crippen LogP contribution is -2.43. The highest BCUT2D eigenvalue weighted by Gasteiger charge is 2.32. The van der Waals surface area contributed by atoms with E-state index < -0.39 is 6.10 Å². The number of carbonyl (C=O) groups is 1. The third kappa shape index (κ3) is 3.09. The number of fused-ring (bicyclic) bond motifs is 1. The average Bonchev–Trinajstić information content (AvgIpc) is 3.04. The van der Waals surface area contributed by atoms with E-state index in [-0.39, 0.29) is 11.5 Å². The number of carbonyl (C=O) groups excluding carboxylic acids is 1. The maximum absolute atomic E-state index is 12.9. The highest BCUT2D eigenvalue weighted by molar-refractivity contribution is 5.94. The van der Waals surface area contributed by atoms with Crippen molar-refractivity contribution in [1.82, 2.24) is 20.0 Å². The zero-order valence-electron chi connectivity index (χ0n) is 14.1. The van der Waals surface area contributed by atoms with Crippen molar-refractivity contribution in [2.24, 2.45) is 0 Å². The summed E-state index contributed by atoms with van der Waals surface area (Å²) in [7, 11) is 0. The summed E-state index contributed by atoms with van der Waals surface area (Å²) in [6.07, 6.45) is 3.35. The molecule has 8 nitrogen and oxygen atoms in total. The summed E-state index contributed by atoms with van der Waals surface area (Å²) in [5, 5.41) is 4.02. The predicted molar refractivity (Wildman–Crippen MR) is 87.3 cm³/mol. The summed E-state index contributed by atoms with van der Waals surface area (Å²) in [6.45, 7) is 2.94. The SMILES string of the molecule is Cc1cc(=O)[nH]c([C@@H]2CN(C(=O)c3noc4c3CCCC4)CCO2)n1. The second-order valence-corrected chi connectivity index (χ2v) is 6.52. The van der Waals surface area contributed by atoms with E-state index in [0.717, 1.165) is 37.0 Å². The molecule has 0 radical (unpaired) electrons. The van der Waals surface area contributed by atoms with Crippen LogP contribution in [0.1, 0.15) is 52.3 Å². The molecule has 1 aliphatic heterocycles. The topological polar surface area (TPSA) is 101 Å². The number of aryl methyl sites for hydroxylation is 2. The van der Waals surface area contributed by atoms with Crippen molar-refractivity contribution in [1.29, 1.82) is 0 Å². The van der Waals surface area contributed by atoms with Crippen molar-refractivity contribution < 1.29 is 14.1 Å². The normalized spacial score (nSPS) is 20.4. The van der Waals surface area contributed by atoms with Gasteiger partial charge in [0, 0.05) is 30.3 Å². The molecule has 1 saturated heterocycles. The summed E-state index contributed by atoms with van der Waals surface area (Å²) >= 11 is 0. The van der Waals surface area contributed by atoms with Crippen LogP contribution in [0.15, 0.2) is 15.4 Å². The number of ether oxygens (including phenoxy) is 1. The lowest BCUT2D eigenvalue weighted by Gasteiger charge is -2.32. The zero-order chi connectivity index (χ0) is 17.4. The van der Waals surface area contributed by atoms with Gasteiger partial charge in [0.05, 0.1) is 13.2 Å². The minimum atomic E-state index is -0.451. The van der Waals surface area contributed by atoms with Gasteiger partial charge in [0.1, 0.15) is 17.7 Å². The number of amides is 1. The van der Waals surface area contributed by atoms with Crippen LogP contribution < -0.4 is 5.56 Å². The molecule has 25 heavy (non-hydrogen) atoms. The molecule has 1 N–H and O–H groups in total. The van der Waals surface area contributed by atoms with Crippen LogP contribution in [0.25, 0.3) is 0 Å². The highest BCUT2D eigenvalue weighted by Crippen LogP contribution is 2.26. The quantitative estimate of drug-likeness (QED) is 0.877. The fourth-order valence-electron chi connectivity index (χ4n) is 3.46. The molecule has 2 aliphatic rings. The van der Waals surface area contributed by atoms with Crippen molar-refractivity contribution >= 4 is 5.91 Å². The van der Waals surface area contributed by atoms with Gasteiger partial charge < -0.3 is 19.1 Å². The Morgan fingerprint density at radius 1 is 1.36 bits per heavy atom. The number of nitrogens with zero attached hydrogens (tertiary/aromatic N) is 3. The molecule has 1 fully saturated rings. The molecular weight excluding hydrogens is 324 g/mol. The van der Waals surface area contributed by atoms with E-state index >= 15 is 0 Å². The summed E-state index contributed by atoms with van der Waals surface area (Å²) in [4.78, 5) is 33.3. The van der Waals surface area contributed by atoms with Crippen LogP contribution in [0.2, 0.25) is 0 Å². The first kappa shape index (κ1) is 16.0. The van der Waals surface area contributed by atoms with Gasteiger partial charge in [-0.2, -0.15) is 0 Å². The molecule has 132 valence electrons. The van der Waals surface area contributed by atoms with E-state index in [0.29, 0.717) is 36.9 Å². The summed E-state index contributed by atoms with van der Waals surface area (Å²) in [6, 6.07) is 1.43. The zero-order valence-corrected chi connectivity index (χ0v) is 14.1. The van der Waals surface area contributed by atoms with Crippen molar-refractivity contribution in [3.63, 3.8) is 0 Å². The average molecular weight is 344 g/mol. The Kier molecular flexibility index (Phi) is 4.12. The molecule has 1 aliphatic carbocycles. The molecule has 4 rings (SSSR count). The first-order valence-corrected chi connectivity index (χ1v) is 8.58. The second kappa shape index (κ2) is 6.44. The van der Waals surface area contributed by atoms with Gasteiger partial charge in [0.15, 0.2) is 5.69 Å². The molecule has 0 spiro atoms. The van der Waals surface area contributed by atoms with Gasteiger partial charge >= 0.3 is 0 Å². The van der Waals surface area contributed by atoms with E-state index in [2.05, 4.69) is 15.1 Å². The number of H-pyrrole nitrogens is 1. The minimum Gasteiger partial charge on any atom is -0.367 e. The molecule has 8 heteroatoms. The summed E-state index contributed by atoms with van der Waals surface area (Å²) in [5.74, 6) is 1.14. The lowest BCUT2D eigenvalue weighted by molar-refractivity contribution is -0.0273. The minimum absolute atomic E-state index is 0.143. The van der Waals surface area contributed by atoms with Crippen LogP contribution >= 0.6 is 0 Å². The van der Waals surface area contributed by atoms with Crippen molar-refractivity contribution in [3.05, 3.63) is 45.0 Å². The summed E-state index contributed by atoms with van der Waals surface area (Å²) in [5.41, 5.74) is 1.76. The molecule has 1 atom stereocenters. The van der Waals surface area contributed by atoms with Gasteiger partial charge in [-0.1, -0.05) is 5.16 Å². The fraction of sp³-hybridized carbons (Fsp3) is 0.529. The van der Waals surface area contributed by atoms with E-state index in [9.17, 15) is 9.59 Å². The number of hydrogen-bond acceptors (Lipinski definition) is 6. The van der Waals surface area contributed by atoms with Crippen LogP contribution in [-0.2, 0) is 17.6 Å². The molecule has 0 aromatic carbocycles. The van der Waals surface area contributed by atoms with Crippen LogP contribution in [0.3, 0.4) is 0 Å². The number of aromatic nitrogens is 3. The number of rotatable bonds is 2. The van der Waals surface area contributed by atoms with E-state index in [1.807, 2.05) is 0 Å². The Morgan fingerprint density at radius 2 is 2.20 bits per heavy atom. The van der Waals surface area contributed by atoms with E-state index in [1.54, 1.807) is 11.8 Å². The number of morpholine rings is 1. The standard InChI is InChI=1S/C17H20N4O4/c1-10-8-14(22)19-16(18-10)13-9-21(6-7-24-13)17(23)15-11-4-2-3-5-12(11)25-20-15/h8,13H,2-7,9H2,1H3,(H,18,19,22)/t13-/m0/s1. The third-order valence-electron chi connectivity index (χ3n) is 4.70. The van der Waals surface area contributed by atoms with Gasteiger partial charge in [0.2, 0.25) is 0 Å². The van der Waals surface area contributed by atoms with Crippen LogP contribution in [0.5, 0.6) is 0 Å². The maximum atomic E-state index is 12.9. The van der Waals surface area contributed by atoms with E-state index in [1.165, 1.54) is 6.07 Å². The van der Waals surface area contributed by atoms with Gasteiger partial charge in [0.25, 0.3) is 11.5 Å². The Morgan fingerprint density at radius 3 is 3.04 bits per heavy atom. The number of hydrogen-bond donors (Lipinski definition) is 1. The third-order valence-corrected chi connectivity index (χ3v) is 4.70. The Balaban J connectivity index is 1.56. The van der Waals surface area contributed by atoms with Crippen molar-refractivity contribution in [2.75, 3.05) is 19.7 Å². The summed E-state index contributed by atoms with van der Waals surface area (Å²) < 4.78 is 11.1. The second-order valence-electron chi connectivity index (χ2n) is 6.52. The van der Waals surface area contributed by atoms with Crippen LogP contribution in [0, 0.1) is 6.92 Å². The monoisotopic (exact) mass is 344 g/mol. The highest BCUT2D eigenvalue weighted by atomic mass is 16.5. The van der Waals surface area contributed by atoms with Crippen LogP contribution in [0.4, 0.5) is 0 Å². The Bertz CT molecular complexity index is 857. The number of aromatic amines is 1. The predicted octanol–water partition coefficient (Wildman–Crippen LogP) is 1.16. The smallest absolute Gasteiger partial charge is 0.276 e. The molecule has 1 amide bonds. The first-order chi connectivity index (χ1) is 12.1. The molecule has 0 saturated carbocycles. The van der Waals surface area contributed by atoms with Gasteiger partial charge in [-0.3, -0.25) is 9.59 Å². The molecule has 2 aromatic rings. The molecule has 2 aromatic heterocycles. The van der Waals surface area contributed by atoms with Crippen molar-refractivity contribution in [3.8, 4) is 0 Å². The maximum Gasteiger partial charge on any atom is 0.276 e. The molecule has 3 heterocycles. The number of nitrogens with one attached hydrogen (secondary N) is 1. The first-order valence-electron chi connectivity index (χ1n) is 8.58. The van der Waals surface area contributed by atoms with Gasteiger partial charge in [-0.25, -0.2) is 4.98 Å². The van der Waals surface area contributed by atoms with Gasteiger partial charge in [-0.05, 0) is 26.2 Å². The molecular formula is C17H20N4O4. The molecule has 0 unspecified atom stereocenters. The molecule has 0 bridgehead atoms. The Hall–Kier alpha value is -2.48. The van der Waals surface area contributed by atoms with Crippen LogP contribution in [-0.4, -0.2) is 45.6 Å².